The van der Waals surface area contributed by atoms with Gasteiger partial charge in [-0.05, 0) is 42.7 Å². The fraction of sp³-hybridized carbons (Fsp3) is 0.412. The Morgan fingerprint density at radius 1 is 1.19 bits per heavy atom. The molecular weight excluding hydrogens is 264 g/mol. The molecule has 0 spiro atoms. The lowest BCUT2D eigenvalue weighted by molar-refractivity contribution is 0.354. The van der Waals surface area contributed by atoms with E-state index in [4.69, 9.17) is 9.47 Å². The monoisotopic (exact) mass is 286 g/mol. The number of hydrogen-bond donors (Lipinski definition) is 1. The molecule has 0 unspecified atom stereocenters. The number of aryl methyl sites for hydroxylation is 1. The summed E-state index contributed by atoms with van der Waals surface area (Å²) >= 11 is 0. The first-order chi connectivity index (χ1) is 10.3. The second kappa shape index (κ2) is 6.22. The van der Waals surface area contributed by atoms with Crippen molar-refractivity contribution >= 4 is 0 Å². The number of aromatic nitrogens is 1. The number of nitrogens with one attached hydrogen (secondary N) is 1. The predicted octanol–water partition coefficient (Wildman–Crippen LogP) is 2.78. The quantitative estimate of drug-likeness (QED) is 0.918. The van der Waals surface area contributed by atoms with Crippen molar-refractivity contribution in [1.82, 2.24) is 9.88 Å². The molecule has 4 heteroatoms. The van der Waals surface area contributed by atoms with Crippen molar-refractivity contribution in [2.24, 2.45) is 0 Å². The molecule has 112 valence electrons. The first-order valence-corrected chi connectivity index (χ1v) is 7.41. The molecule has 0 bridgehead atoms. The van der Waals surface area contributed by atoms with Gasteiger partial charge in [0.2, 0.25) is 0 Å². The van der Waals surface area contributed by atoms with Gasteiger partial charge in [-0.2, -0.15) is 0 Å². The summed E-state index contributed by atoms with van der Waals surface area (Å²) in [5, 5.41) is 3.61. The maximum atomic E-state index is 5.37. The van der Waals surface area contributed by atoms with E-state index in [1.807, 2.05) is 6.07 Å². The van der Waals surface area contributed by atoms with Gasteiger partial charge in [0.05, 0.1) is 14.2 Å². The molecule has 1 aromatic heterocycles. The minimum Gasteiger partial charge on any atom is -0.493 e. The Morgan fingerprint density at radius 3 is 2.86 bits per heavy atom. The highest BCUT2D eigenvalue weighted by molar-refractivity contribution is 5.43. The average molecular weight is 286 g/mol. The number of benzene rings is 1. The summed E-state index contributed by atoms with van der Waals surface area (Å²) in [4.78, 5) is 0. The zero-order chi connectivity index (χ0) is 14.7. The SMILES string of the molecule is COc1ccc(CC[C@H]2NCCn3cccc32)cc1OC. The summed E-state index contributed by atoms with van der Waals surface area (Å²) in [6, 6.07) is 10.9. The van der Waals surface area contributed by atoms with Crippen LogP contribution >= 0.6 is 0 Å². The lowest BCUT2D eigenvalue weighted by atomic mass is 10.0. The van der Waals surface area contributed by atoms with E-state index in [9.17, 15) is 0 Å². The van der Waals surface area contributed by atoms with Crippen molar-refractivity contribution in [3.8, 4) is 11.5 Å². The van der Waals surface area contributed by atoms with Crippen LogP contribution in [0.15, 0.2) is 36.5 Å². The van der Waals surface area contributed by atoms with Gasteiger partial charge in [-0.3, -0.25) is 0 Å². The Hall–Kier alpha value is -1.94. The number of hydrogen-bond acceptors (Lipinski definition) is 3. The molecule has 0 amide bonds. The fourth-order valence-corrected chi connectivity index (χ4v) is 3.01. The van der Waals surface area contributed by atoms with Gasteiger partial charge < -0.3 is 19.4 Å². The van der Waals surface area contributed by atoms with Gasteiger partial charge in [0.15, 0.2) is 11.5 Å². The summed E-state index contributed by atoms with van der Waals surface area (Å²) in [7, 11) is 3.34. The van der Waals surface area contributed by atoms with Crippen molar-refractivity contribution in [3.05, 3.63) is 47.8 Å². The van der Waals surface area contributed by atoms with Crippen LogP contribution in [-0.2, 0) is 13.0 Å². The third-order valence-electron chi connectivity index (χ3n) is 4.13. The Kier molecular flexibility index (Phi) is 4.15. The Morgan fingerprint density at radius 2 is 2.05 bits per heavy atom. The standard InChI is InChI=1S/C17H22N2O2/c1-20-16-8-6-13(12-17(16)21-2)5-7-14-15-4-3-10-19(15)11-9-18-14/h3-4,6,8,10,12,14,18H,5,7,9,11H2,1-2H3/t14-/m1/s1. The summed E-state index contributed by atoms with van der Waals surface area (Å²) in [5.41, 5.74) is 2.67. The molecule has 2 aromatic rings. The van der Waals surface area contributed by atoms with Crippen LogP contribution in [0.2, 0.25) is 0 Å². The minimum atomic E-state index is 0.432. The van der Waals surface area contributed by atoms with Crippen LogP contribution < -0.4 is 14.8 Å². The number of fused-ring (bicyclic) bond motifs is 1. The van der Waals surface area contributed by atoms with Crippen molar-refractivity contribution < 1.29 is 9.47 Å². The molecule has 3 rings (SSSR count). The van der Waals surface area contributed by atoms with Crippen molar-refractivity contribution in [2.45, 2.75) is 25.4 Å². The van der Waals surface area contributed by atoms with Crippen LogP contribution in [-0.4, -0.2) is 25.3 Å². The smallest absolute Gasteiger partial charge is 0.160 e. The van der Waals surface area contributed by atoms with Crippen LogP contribution in [0.3, 0.4) is 0 Å². The first kappa shape index (κ1) is 14.0. The van der Waals surface area contributed by atoms with E-state index < -0.39 is 0 Å². The number of ether oxygens (including phenoxy) is 2. The van der Waals surface area contributed by atoms with Crippen LogP contribution in [0, 0.1) is 0 Å². The molecule has 4 nitrogen and oxygen atoms in total. The van der Waals surface area contributed by atoms with Gasteiger partial charge in [0.1, 0.15) is 0 Å². The fourth-order valence-electron chi connectivity index (χ4n) is 3.01. The van der Waals surface area contributed by atoms with Crippen LogP contribution in [0.4, 0.5) is 0 Å². The molecule has 0 saturated carbocycles. The summed E-state index contributed by atoms with van der Waals surface area (Å²) in [6.07, 6.45) is 4.27. The average Bonchev–Trinajstić information content (AvgIpc) is 3.01. The second-order valence-electron chi connectivity index (χ2n) is 5.36. The molecule has 0 radical (unpaired) electrons. The zero-order valence-corrected chi connectivity index (χ0v) is 12.6. The Labute approximate surface area is 125 Å². The van der Waals surface area contributed by atoms with E-state index in [-0.39, 0.29) is 0 Å². The topological polar surface area (TPSA) is 35.4 Å². The molecule has 2 heterocycles. The maximum absolute atomic E-state index is 5.37. The summed E-state index contributed by atoms with van der Waals surface area (Å²) in [6.45, 7) is 2.10. The lowest BCUT2D eigenvalue weighted by Crippen LogP contribution is -2.33. The van der Waals surface area contributed by atoms with Crippen molar-refractivity contribution in [1.29, 1.82) is 0 Å². The van der Waals surface area contributed by atoms with Crippen molar-refractivity contribution in [3.63, 3.8) is 0 Å². The zero-order valence-electron chi connectivity index (χ0n) is 12.6. The lowest BCUT2D eigenvalue weighted by Gasteiger charge is -2.26. The van der Waals surface area contributed by atoms with Gasteiger partial charge >= 0.3 is 0 Å². The minimum absolute atomic E-state index is 0.432. The highest BCUT2D eigenvalue weighted by Crippen LogP contribution is 2.29. The van der Waals surface area contributed by atoms with Gasteiger partial charge in [-0.15, -0.1) is 0 Å². The molecule has 1 aliphatic heterocycles. The van der Waals surface area contributed by atoms with E-state index in [1.54, 1.807) is 14.2 Å². The molecule has 21 heavy (non-hydrogen) atoms. The summed E-state index contributed by atoms with van der Waals surface area (Å²) < 4.78 is 13.0. The van der Waals surface area contributed by atoms with Gasteiger partial charge in [-0.1, -0.05) is 6.07 Å². The number of rotatable bonds is 5. The third kappa shape index (κ3) is 2.90. The van der Waals surface area contributed by atoms with E-state index in [1.165, 1.54) is 11.3 Å². The van der Waals surface area contributed by atoms with Crippen LogP contribution in [0.25, 0.3) is 0 Å². The molecule has 1 atom stereocenters. The molecule has 1 aliphatic rings. The highest BCUT2D eigenvalue weighted by atomic mass is 16.5. The normalized spacial score (nSPS) is 17.3. The highest BCUT2D eigenvalue weighted by Gasteiger charge is 2.18. The van der Waals surface area contributed by atoms with E-state index in [0.717, 1.165) is 37.4 Å². The molecule has 1 aromatic carbocycles. The van der Waals surface area contributed by atoms with Gasteiger partial charge in [0.25, 0.3) is 0 Å². The summed E-state index contributed by atoms with van der Waals surface area (Å²) in [5.74, 6) is 1.58. The molecule has 1 N–H and O–H groups in total. The molecular formula is C17H22N2O2. The Bertz CT molecular complexity index is 607. The van der Waals surface area contributed by atoms with Gasteiger partial charge in [0, 0.05) is 31.0 Å². The van der Waals surface area contributed by atoms with E-state index in [0.29, 0.717) is 6.04 Å². The predicted molar refractivity (Wildman–Crippen MR) is 83.0 cm³/mol. The molecule has 0 saturated heterocycles. The number of nitrogens with zero attached hydrogens (tertiary/aromatic N) is 1. The van der Waals surface area contributed by atoms with Crippen molar-refractivity contribution in [2.75, 3.05) is 20.8 Å². The van der Waals surface area contributed by atoms with E-state index >= 15 is 0 Å². The van der Waals surface area contributed by atoms with Crippen LogP contribution in [0.5, 0.6) is 11.5 Å². The van der Waals surface area contributed by atoms with Gasteiger partial charge in [-0.25, -0.2) is 0 Å². The molecule has 0 aliphatic carbocycles. The Balaban J connectivity index is 1.69. The second-order valence-corrected chi connectivity index (χ2v) is 5.36. The maximum Gasteiger partial charge on any atom is 0.160 e. The molecule has 0 fully saturated rings. The third-order valence-corrected chi connectivity index (χ3v) is 4.13. The number of methoxy groups -OCH3 is 2. The van der Waals surface area contributed by atoms with E-state index in [2.05, 4.69) is 40.3 Å². The first-order valence-electron chi connectivity index (χ1n) is 7.41. The van der Waals surface area contributed by atoms with Crippen LogP contribution in [0.1, 0.15) is 23.7 Å². The largest absolute Gasteiger partial charge is 0.493 e.